The van der Waals surface area contributed by atoms with E-state index in [0.29, 0.717) is 5.78 Å². The van der Waals surface area contributed by atoms with E-state index in [1.165, 1.54) is 22.3 Å². The predicted molar refractivity (Wildman–Crippen MR) is 104 cm³/mol. The standard InChI is InChI=1S/C20H26N4S/c1-12-8-16(20(5,6)7)9-13(2)17(12)11-25-19-22-18-21-14(3)10-15(4)24(18)23-19/h8-10H,11H2,1-7H3. The molecule has 3 aromatic rings. The highest BCUT2D eigenvalue weighted by Crippen LogP contribution is 2.30. The molecule has 4 nitrogen and oxygen atoms in total. The van der Waals surface area contributed by atoms with Crippen molar-refractivity contribution in [3.05, 3.63) is 51.8 Å². The maximum Gasteiger partial charge on any atom is 0.253 e. The van der Waals surface area contributed by atoms with Crippen molar-refractivity contribution in [2.24, 2.45) is 0 Å². The van der Waals surface area contributed by atoms with Crippen molar-refractivity contribution < 1.29 is 0 Å². The molecule has 0 radical (unpaired) electrons. The number of aryl methyl sites for hydroxylation is 4. The maximum absolute atomic E-state index is 4.59. The van der Waals surface area contributed by atoms with E-state index in [9.17, 15) is 0 Å². The molecule has 0 aliphatic carbocycles. The first-order valence-electron chi connectivity index (χ1n) is 8.59. The lowest BCUT2D eigenvalue weighted by Crippen LogP contribution is -2.12. The Labute approximate surface area is 154 Å². The summed E-state index contributed by atoms with van der Waals surface area (Å²) in [6, 6.07) is 6.65. The second kappa shape index (κ2) is 6.45. The third-order valence-electron chi connectivity index (χ3n) is 4.51. The Balaban J connectivity index is 1.86. The van der Waals surface area contributed by atoms with Gasteiger partial charge in [0.05, 0.1) is 0 Å². The molecule has 3 rings (SSSR count). The molecular weight excluding hydrogens is 328 g/mol. The number of benzene rings is 1. The van der Waals surface area contributed by atoms with Crippen molar-refractivity contribution in [2.75, 3.05) is 0 Å². The number of fused-ring (bicyclic) bond motifs is 1. The van der Waals surface area contributed by atoms with Gasteiger partial charge in [0.1, 0.15) is 0 Å². The van der Waals surface area contributed by atoms with Crippen molar-refractivity contribution in [3.8, 4) is 0 Å². The van der Waals surface area contributed by atoms with Crippen LogP contribution in [-0.4, -0.2) is 19.6 Å². The summed E-state index contributed by atoms with van der Waals surface area (Å²) < 4.78 is 1.82. The SMILES string of the molecule is Cc1cc(C)n2nc(SCc3c(C)cc(C(C)(C)C)cc3C)nc2n1. The van der Waals surface area contributed by atoms with Gasteiger partial charge in [-0.1, -0.05) is 44.7 Å². The first-order valence-corrected chi connectivity index (χ1v) is 9.58. The molecule has 0 fully saturated rings. The zero-order valence-corrected chi connectivity index (χ0v) is 17.0. The molecule has 2 heterocycles. The van der Waals surface area contributed by atoms with Gasteiger partial charge in [-0.2, -0.15) is 4.98 Å². The lowest BCUT2D eigenvalue weighted by Gasteiger charge is -2.22. The molecule has 0 saturated heterocycles. The monoisotopic (exact) mass is 354 g/mol. The average Bonchev–Trinajstić information content (AvgIpc) is 2.88. The molecule has 0 amide bonds. The van der Waals surface area contributed by atoms with E-state index in [1.807, 2.05) is 24.4 Å². The first kappa shape index (κ1) is 17.9. The van der Waals surface area contributed by atoms with E-state index in [-0.39, 0.29) is 5.41 Å². The smallest absolute Gasteiger partial charge is 0.216 e. The number of hydrogen-bond donors (Lipinski definition) is 0. The first-order chi connectivity index (χ1) is 11.6. The van der Waals surface area contributed by atoms with Crippen molar-refractivity contribution in [1.29, 1.82) is 0 Å². The van der Waals surface area contributed by atoms with Crippen LogP contribution in [0, 0.1) is 27.7 Å². The van der Waals surface area contributed by atoms with Gasteiger partial charge >= 0.3 is 0 Å². The van der Waals surface area contributed by atoms with Crippen LogP contribution in [0.5, 0.6) is 0 Å². The van der Waals surface area contributed by atoms with Gasteiger partial charge in [-0.15, -0.1) is 5.10 Å². The van der Waals surface area contributed by atoms with E-state index >= 15 is 0 Å². The topological polar surface area (TPSA) is 43.1 Å². The fourth-order valence-electron chi connectivity index (χ4n) is 3.00. The minimum absolute atomic E-state index is 0.172. The third-order valence-corrected chi connectivity index (χ3v) is 5.37. The van der Waals surface area contributed by atoms with Crippen molar-refractivity contribution in [2.45, 2.75) is 64.8 Å². The molecule has 132 valence electrons. The fraction of sp³-hybridized carbons (Fsp3) is 0.450. The van der Waals surface area contributed by atoms with Crippen molar-refractivity contribution >= 4 is 17.5 Å². The van der Waals surface area contributed by atoms with E-state index in [0.717, 1.165) is 22.3 Å². The summed E-state index contributed by atoms with van der Waals surface area (Å²) >= 11 is 1.67. The Bertz CT molecular complexity index is 912. The van der Waals surface area contributed by atoms with Crippen molar-refractivity contribution in [1.82, 2.24) is 19.6 Å². The summed E-state index contributed by atoms with van der Waals surface area (Å²) in [6.45, 7) is 15.2. The second-order valence-electron chi connectivity index (χ2n) is 7.77. The van der Waals surface area contributed by atoms with Gasteiger partial charge in [0.2, 0.25) is 5.16 Å². The third kappa shape index (κ3) is 3.71. The second-order valence-corrected chi connectivity index (χ2v) is 8.71. The van der Waals surface area contributed by atoms with Crippen LogP contribution in [-0.2, 0) is 11.2 Å². The molecule has 0 unspecified atom stereocenters. The van der Waals surface area contributed by atoms with E-state index in [2.05, 4.69) is 61.8 Å². The summed E-state index contributed by atoms with van der Waals surface area (Å²) in [5.74, 6) is 1.55. The molecule has 5 heteroatoms. The Morgan fingerprint density at radius 3 is 2.20 bits per heavy atom. The van der Waals surface area contributed by atoms with Gasteiger partial charge in [0, 0.05) is 17.1 Å². The Morgan fingerprint density at radius 1 is 0.960 bits per heavy atom. The summed E-state index contributed by atoms with van der Waals surface area (Å²) in [4.78, 5) is 9.03. The fourth-order valence-corrected chi connectivity index (χ4v) is 4.01. The van der Waals surface area contributed by atoms with Crippen molar-refractivity contribution in [3.63, 3.8) is 0 Å². The Hall–Kier alpha value is -1.88. The van der Waals surface area contributed by atoms with Crippen LogP contribution in [0.1, 0.15) is 54.4 Å². The molecule has 0 aliphatic heterocycles. The molecule has 0 spiro atoms. The number of nitrogens with zero attached hydrogens (tertiary/aromatic N) is 4. The average molecular weight is 355 g/mol. The molecule has 25 heavy (non-hydrogen) atoms. The Morgan fingerprint density at radius 2 is 1.60 bits per heavy atom. The molecule has 0 N–H and O–H groups in total. The molecule has 0 aliphatic rings. The Kier molecular flexibility index (Phi) is 4.62. The molecule has 0 atom stereocenters. The van der Waals surface area contributed by atoms with Gasteiger partial charge in [0.25, 0.3) is 5.78 Å². The lowest BCUT2D eigenvalue weighted by molar-refractivity contribution is 0.589. The van der Waals surface area contributed by atoms with Gasteiger partial charge in [-0.05, 0) is 61.4 Å². The quantitative estimate of drug-likeness (QED) is 0.624. The number of hydrogen-bond acceptors (Lipinski definition) is 4. The van der Waals surface area contributed by atoms with Gasteiger partial charge in [-0.25, -0.2) is 9.50 Å². The highest BCUT2D eigenvalue weighted by atomic mass is 32.2. The van der Waals surface area contributed by atoms with E-state index < -0.39 is 0 Å². The summed E-state index contributed by atoms with van der Waals surface area (Å²) in [5, 5.41) is 5.37. The number of rotatable bonds is 3. The van der Waals surface area contributed by atoms with Gasteiger partial charge in [-0.3, -0.25) is 0 Å². The summed E-state index contributed by atoms with van der Waals surface area (Å²) in [6.07, 6.45) is 0. The zero-order chi connectivity index (χ0) is 18.4. The van der Waals surface area contributed by atoms with Crippen LogP contribution in [0.3, 0.4) is 0 Å². The maximum atomic E-state index is 4.59. The van der Waals surface area contributed by atoms with Gasteiger partial charge < -0.3 is 0 Å². The normalized spacial score (nSPS) is 12.1. The van der Waals surface area contributed by atoms with E-state index in [4.69, 9.17) is 0 Å². The lowest BCUT2D eigenvalue weighted by atomic mass is 9.84. The van der Waals surface area contributed by atoms with Crippen LogP contribution in [0.15, 0.2) is 23.4 Å². The predicted octanol–water partition coefficient (Wildman–Crippen LogP) is 4.95. The van der Waals surface area contributed by atoms with Crippen LogP contribution in [0.4, 0.5) is 0 Å². The molecule has 2 aromatic heterocycles. The molecular formula is C20H26N4S. The molecule has 0 saturated carbocycles. The highest BCUT2D eigenvalue weighted by molar-refractivity contribution is 7.98. The highest BCUT2D eigenvalue weighted by Gasteiger charge is 2.17. The van der Waals surface area contributed by atoms with Crippen LogP contribution >= 0.6 is 11.8 Å². The summed E-state index contributed by atoms with van der Waals surface area (Å²) in [5.41, 5.74) is 7.64. The van der Waals surface area contributed by atoms with Gasteiger partial charge in [0.15, 0.2) is 0 Å². The summed E-state index contributed by atoms with van der Waals surface area (Å²) in [7, 11) is 0. The largest absolute Gasteiger partial charge is 0.253 e. The minimum atomic E-state index is 0.172. The van der Waals surface area contributed by atoms with Crippen LogP contribution in [0.25, 0.3) is 5.78 Å². The molecule has 1 aromatic carbocycles. The number of aromatic nitrogens is 4. The minimum Gasteiger partial charge on any atom is -0.216 e. The molecule has 0 bridgehead atoms. The van der Waals surface area contributed by atoms with E-state index in [1.54, 1.807) is 11.8 Å². The number of thioether (sulfide) groups is 1. The van der Waals surface area contributed by atoms with Crippen LogP contribution in [0.2, 0.25) is 0 Å². The zero-order valence-electron chi connectivity index (χ0n) is 16.1. The van der Waals surface area contributed by atoms with Crippen LogP contribution < -0.4 is 0 Å².